The molecule has 1 aromatic carbocycles. The number of sulfonamides is 1. The van der Waals surface area contributed by atoms with Gasteiger partial charge in [0, 0.05) is 0 Å². The minimum Gasteiger partial charge on any atom is -0.368 e. The Morgan fingerprint density at radius 2 is 1.85 bits per heavy atom. The lowest BCUT2D eigenvalue weighted by molar-refractivity contribution is 0.600. The smallest absolute Gasteiger partial charge is 0.266 e. The molecule has 0 unspecified atom stereocenters. The van der Waals surface area contributed by atoms with E-state index in [-0.39, 0.29) is 10.8 Å². The summed E-state index contributed by atoms with van der Waals surface area (Å²) in [5.41, 5.74) is 6.07. The van der Waals surface area contributed by atoms with Crippen LogP contribution in [0.4, 0.5) is 11.1 Å². The van der Waals surface area contributed by atoms with Crippen LogP contribution in [0.5, 0.6) is 0 Å². The molecule has 7 nitrogen and oxygen atoms in total. The van der Waals surface area contributed by atoms with Gasteiger partial charge in [-0.25, -0.2) is 23.4 Å². The van der Waals surface area contributed by atoms with Gasteiger partial charge in [-0.2, -0.15) is 0 Å². The molecule has 0 aliphatic heterocycles. The van der Waals surface area contributed by atoms with Crippen LogP contribution in [-0.4, -0.2) is 23.4 Å². The zero-order chi connectivity index (χ0) is 14.2. The minimum absolute atomic E-state index is 0.0175. The van der Waals surface area contributed by atoms with Crippen molar-refractivity contribution in [3.8, 4) is 0 Å². The summed E-state index contributed by atoms with van der Waals surface area (Å²) < 4.78 is 27.6. The molecule has 2 aromatic heterocycles. The lowest BCUT2D eigenvalue weighted by Crippen LogP contribution is -2.13. The Labute approximate surface area is 118 Å². The van der Waals surface area contributed by atoms with Crippen LogP contribution in [0.15, 0.2) is 41.6 Å². The normalized spacial score (nSPS) is 11.6. The molecule has 0 aliphatic carbocycles. The summed E-state index contributed by atoms with van der Waals surface area (Å²) in [5, 5.41) is 0.294. The maximum atomic E-state index is 12.1. The molecule has 3 N–H and O–H groups in total. The van der Waals surface area contributed by atoms with Gasteiger partial charge in [-0.3, -0.25) is 4.72 Å². The minimum atomic E-state index is -3.76. The lowest BCUT2D eigenvalue weighted by Gasteiger charge is -2.03. The molecule has 0 spiro atoms. The number of thiazole rings is 1. The van der Waals surface area contributed by atoms with Crippen molar-refractivity contribution in [1.82, 2.24) is 15.0 Å². The first-order chi connectivity index (χ1) is 9.54. The number of anilines is 2. The van der Waals surface area contributed by atoms with Crippen LogP contribution in [0, 0.1) is 0 Å². The summed E-state index contributed by atoms with van der Waals surface area (Å²) in [5.74, 6) is 0.0175. The number of hydrogen-bond donors (Lipinski definition) is 2. The van der Waals surface area contributed by atoms with E-state index >= 15 is 0 Å². The monoisotopic (exact) mass is 307 g/mol. The fourth-order valence-corrected chi connectivity index (χ4v) is 3.54. The van der Waals surface area contributed by atoms with Crippen molar-refractivity contribution in [2.75, 3.05) is 10.5 Å². The molecule has 102 valence electrons. The Morgan fingerprint density at radius 3 is 2.55 bits per heavy atom. The van der Waals surface area contributed by atoms with E-state index in [9.17, 15) is 8.42 Å². The molecule has 0 saturated carbocycles. The summed E-state index contributed by atoms with van der Waals surface area (Å²) in [6, 6.07) is 7.40. The average Bonchev–Trinajstić information content (AvgIpc) is 2.80. The van der Waals surface area contributed by atoms with Gasteiger partial charge in [0.2, 0.25) is 5.95 Å². The van der Waals surface area contributed by atoms with Crippen LogP contribution in [0.1, 0.15) is 0 Å². The molecule has 20 heavy (non-hydrogen) atoms. The highest BCUT2D eigenvalue weighted by molar-refractivity contribution is 7.93. The highest BCUT2D eigenvalue weighted by Crippen LogP contribution is 2.27. The first-order valence-corrected chi connectivity index (χ1v) is 7.80. The number of aromatic nitrogens is 3. The molecular weight excluding hydrogens is 298 g/mol. The zero-order valence-corrected chi connectivity index (χ0v) is 11.6. The molecule has 0 saturated heterocycles. The second-order valence-electron chi connectivity index (χ2n) is 3.87. The second kappa shape index (κ2) is 4.69. The van der Waals surface area contributed by atoms with E-state index in [1.165, 1.54) is 11.3 Å². The predicted octanol–water partition coefficient (Wildman–Crippen LogP) is 1.47. The number of nitrogens with one attached hydrogen (secondary N) is 1. The SMILES string of the molecule is Nc1ncc(S(=O)(=O)Nc2nc3ccccc3s2)cn1. The van der Waals surface area contributed by atoms with Crippen LogP contribution in [0.3, 0.4) is 0 Å². The Bertz CT molecular complexity index is 825. The molecule has 0 fully saturated rings. The highest BCUT2D eigenvalue weighted by atomic mass is 32.2. The fraction of sp³-hybridized carbons (Fsp3) is 0. The molecule has 9 heteroatoms. The molecule has 2 heterocycles. The van der Waals surface area contributed by atoms with Crippen molar-refractivity contribution in [2.24, 2.45) is 0 Å². The lowest BCUT2D eigenvalue weighted by atomic mass is 10.3. The standard InChI is InChI=1S/C11H9N5O2S2/c12-10-13-5-7(6-14-10)20(17,18)16-11-15-8-3-1-2-4-9(8)19-11/h1-6H,(H,15,16)(H2,12,13,14). The molecular formula is C11H9N5O2S2. The zero-order valence-electron chi connectivity index (χ0n) is 10.0. The average molecular weight is 307 g/mol. The summed E-state index contributed by atoms with van der Waals surface area (Å²) >= 11 is 1.26. The predicted molar refractivity (Wildman–Crippen MR) is 76.9 cm³/mol. The van der Waals surface area contributed by atoms with E-state index in [1.807, 2.05) is 24.3 Å². The van der Waals surface area contributed by atoms with Gasteiger partial charge in [-0.05, 0) is 12.1 Å². The quantitative estimate of drug-likeness (QED) is 0.758. The van der Waals surface area contributed by atoms with Crippen molar-refractivity contribution in [3.05, 3.63) is 36.7 Å². The maximum absolute atomic E-state index is 12.1. The van der Waals surface area contributed by atoms with E-state index in [0.717, 1.165) is 22.6 Å². The molecule has 3 aromatic rings. The van der Waals surface area contributed by atoms with Crippen molar-refractivity contribution in [1.29, 1.82) is 0 Å². The van der Waals surface area contributed by atoms with Crippen molar-refractivity contribution >= 4 is 42.7 Å². The number of rotatable bonds is 3. The van der Waals surface area contributed by atoms with Gasteiger partial charge in [0.25, 0.3) is 10.0 Å². The summed E-state index contributed by atoms with van der Waals surface area (Å²) in [6.07, 6.45) is 2.30. The Morgan fingerprint density at radius 1 is 1.15 bits per heavy atom. The Kier molecular flexibility index (Phi) is 2.99. The number of nitrogens with two attached hydrogens (primary N) is 1. The Hall–Kier alpha value is -2.26. The molecule has 0 amide bonds. The van der Waals surface area contributed by atoms with E-state index in [4.69, 9.17) is 5.73 Å². The third-order valence-corrected chi connectivity index (χ3v) is 4.85. The third-order valence-electron chi connectivity index (χ3n) is 2.47. The number of hydrogen-bond acceptors (Lipinski definition) is 7. The van der Waals surface area contributed by atoms with Gasteiger partial charge in [-0.1, -0.05) is 23.5 Å². The summed E-state index contributed by atoms with van der Waals surface area (Å²) in [7, 11) is -3.76. The topological polar surface area (TPSA) is 111 Å². The number of fused-ring (bicyclic) bond motifs is 1. The van der Waals surface area contributed by atoms with Gasteiger partial charge in [0.1, 0.15) is 4.90 Å². The van der Waals surface area contributed by atoms with Crippen molar-refractivity contribution in [3.63, 3.8) is 0 Å². The van der Waals surface area contributed by atoms with E-state index < -0.39 is 10.0 Å². The highest BCUT2D eigenvalue weighted by Gasteiger charge is 2.17. The number of nitrogens with zero attached hydrogens (tertiary/aromatic N) is 3. The molecule has 0 atom stereocenters. The van der Waals surface area contributed by atoms with Crippen LogP contribution in [0.25, 0.3) is 10.2 Å². The van der Waals surface area contributed by atoms with E-state index in [2.05, 4.69) is 19.7 Å². The first-order valence-electron chi connectivity index (χ1n) is 5.50. The van der Waals surface area contributed by atoms with E-state index in [0.29, 0.717) is 5.13 Å². The molecule has 0 bridgehead atoms. The fourth-order valence-electron chi connectivity index (χ4n) is 1.55. The van der Waals surface area contributed by atoms with Crippen LogP contribution in [-0.2, 0) is 10.0 Å². The van der Waals surface area contributed by atoms with Crippen LogP contribution < -0.4 is 10.5 Å². The van der Waals surface area contributed by atoms with Crippen molar-refractivity contribution < 1.29 is 8.42 Å². The van der Waals surface area contributed by atoms with Gasteiger partial charge < -0.3 is 5.73 Å². The van der Waals surface area contributed by atoms with E-state index in [1.54, 1.807) is 0 Å². The van der Waals surface area contributed by atoms with Crippen LogP contribution in [0.2, 0.25) is 0 Å². The van der Waals surface area contributed by atoms with Gasteiger partial charge in [0.05, 0.1) is 22.6 Å². The number of para-hydroxylation sites is 1. The Balaban J connectivity index is 1.94. The maximum Gasteiger partial charge on any atom is 0.266 e. The largest absolute Gasteiger partial charge is 0.368 e. The second-order valence-corrected chi connectivity index (χ2v) is 6.58. The molecule has 0 radical (unpaired) electrons. The van der Waals surface area contributed by atoms with Gasteiger partial charge in [0.15, 0.2) is 5.13 Å². The summed E-state index contributed by atoms with van der Waals surface area (Å²) in [4.78, 5) is 11.5. The first kappa shape index (κ1) is 12.8. The van der Waals surface area contributed by atoms with Crippen LogP contribution >= 0.6 is 11.3 Å². The van der Waals surface area contributed by atoms with Gasteiger partial charge in [-0.15, -0.1) is 0 Å². The molecule has 0 aliphatic rings. The van der Waals surface area contributed by atoms with Crippen molar-refractivity contribution in [2.45, 2.75) is 4.90 Å². The number of benzene rings is 1. The summed E-state index contributed by atoms with van der Waals surface area (Å²) in [6.45, 7) is 0. The number of nitrogen functional groups attached to an aromatic ring is 1. The third kappa shape index (κ3) is 2.40. The molecule has 3 rings (SSSR count). The van der Waals surface area contributed by atoms with Gasteiger partial charge >= 0.3 is 0 Å².